The third-order valence-electron chi connectivity index (χ3n) is 3.96. The minimum Gasteiger partial charge on any atom is -0.497 e. The van der Waals surface area contributed by atoms with Crippen LogP contribution in [0.5, 0.6) is 5.75 Å². The predicted molar refractivity (Wildman–Crippen MR) is 86.0 cm³/mol. The highest BCUT2D eigenvalue weighted by atomic mass is 32.2. The van der Waals surface area contributed by atoms with E-state index in [0.29, 0.717) is 11.5 Å². The lowest BCUT2D eigenvalue weighted by Gasteiger charge is -2.32. The number of methoxy groups -OCH3 is 1. The Morgan fingerprint density at radius 1 is 1.48 bits per heavy atom. The molecule has 0 atom stereocenters. The van der Waals surface area contributed by atoms with Crippen LogP contribution in [0.1, 0.15) is 29.6 Å². The number of hydrogen-bond acceptors (Lipinski definition) is 5. The first-order valence-corrected chi connectivity index (χ1v) is 8.14. The lowest BCUT2D eigenvalue weighted by atomic mass is 9.93. The number of nitrogens with two attached hydrogens (primary N) is 1. The molecule has 1 aromatic carbocycles. The number of ether oxygens (including phenoxy) is 1. The molecule has 0 aliphatic carbocycles. The van der Waals surface area contributed by atoms with Crippen molar-refractivity contribution in [2.24, 2.45) is 11.1 Å². The normalized spacial score (nSPS) is 16.0. The molecule has 1 aliphatic rings. The monoisotopic (exact) mass is 309 g/mol. The van der Waals surface area contributed by atoms with Crippen molar-refractivity contribution in [3.05, 3.63) is 29.8 Å². The zero-order chi connectivity index (χ0) is 15.1. The van der Waals surface area contributed by atoms with Crippen molar-refractivity contribution in [1.82, 2.24) is 9.62 Å². The largest absolute Gasteiger partial charge is 0.497 e. The predicted octanol–water partition coefficient (Wildman–Crippen LogP) is 2.05. The number of carbonyl (C=O) groups is 1. The van der Waals surface area contributed by atoms with Gasteiger partial charge in [-0.05, 0) is 43.4 Å². The second-order valence-corrected chi connectivity index (χ2v) is 5.79. The fourth-order valence-electron chi connectivity index (χ4n) is 2.69. The van der Waals surface area contributed by atoms with E-state index in [1.807, 2.05) is 23.1 Å². The Kier molecular flexibility index (Phi) is 6.35. The molecule has 0 spiro atoms. The number of amides is 1. The Balaban J connectivity index is 1.85. The summed E-state index contributed by atoms with van der Waals surface area (Å²) < 4.78 is 8.24. The maximum atomic E-state index is 12.5. The van der Waals surface area contributed by atoms with Crippen molar-refractivity contribution in [2.75, 3.05) is 26.7 Å². The summed E-state index contributed by atoms with van der Waals surface area (Å²) in [6.45, 7) is 2.59. The number of rotatable bonds is 6. The van der Waals surface area contributed by atoms with Crippen molar-refractivity contribution < 1.29 is 9.53 Å². The zero-order valence-electron chi connectivity index (χ0n) is 12.4. The molecule has 1 aromatic rings. The van der Waals surface area contributed by atoms with E-state index in [4.69, 9.17) is 9.88 Å². The quantitative estimate of drug-likeness (QED) is 0.622. The van der Waals surface area contributed by atoms with Crippen LogP contribution in [0.2, 0.25) is 0 Å². The van der Waals surface area contributed by atoms with Crippen LogP contribution in [0, 0.1) is 5.92 Å². The van der Waals surface area contributed by atoms with Gasteiger partial charge in [-0.3, -0.25) is 14.7 Å². The first kappa shape index (κ1) is 16.1. The molecule has 0 radical (unpaired) electrons. The molecule has 0 saturated carbocycles. The Bertz CT molecular complexity index is 462. The molecule has 1 aliphatic heterocycles. The summed E-state index contributed by atoms with van der Waals surface area (Å²) in [7, 11) is 1.61. The second-order valence-electron chi connectivity index (χ2n) is 5.27. The first-order valence-electron chi connectivity index (χ1n) is 7.26. The highest BCUT2D eigenvalue weighted by Crippen LogP contribution is 2.22. The molecule has 1 amide bonds. The molecule has 1 heterocycles. The van der Waals surface area contributed by atoms with Gasteiger partial charge in [0, 0.05) is 37.3 Å². The lowest BCUT2D eigenvalue weighted by molar-refractivity contribution is 0.0687. The van der Waals surface area contributed by atoms with Crippen LogP contribution in [0.3, 0.4) is 0 Å². The van der Waals surface area contributed by atoms with Gasteiger partial charge in [0.1, 0.15) is 5.75 Å². The summed E-state index contributed by atoms with van der Waals surface area (Å²) in [6.07, 6.45) is 3.24. The Morgan fingerprint density at radius 2 is 2.24 bits per heavy atom. The molecule has 0 bridgehead atoms. The average Bonchev–Trinajstić information content (AvgIpc) is 2.55. The molecule has 5 nitrogen and oxygen atoms in total. The number of nitrogens with one attached hydrogen (secondary N) is 1. The van der Waals surface area contributed by atoms with Gasteiger partial charge in [0.25, 0.3) is 5.91 Å². The van der Waals surface area contributed by atoms with E-state index < -0.39 is 0 Å². The van der Waals surface area contributed by atoms with E-state index in [9.17, 15) is 4.79 Å². The smallest absolute Gasteiger partial charge is 0.253 e. The van der Waals surface area contributed by atoms with Gasteiger partial charge in [0.2, 0.25) is 0 Å². The van der Waals surface area contributed by atoms with Crippen molar-refractivity contribution >= 4 is 18.0 Å². The molecule has 1 fully saturated rings. The Hall–Kier alpha value is -1.24. The van der Waals surface area contributed by atoms with Gasteiger partial charge < -0.3 is 9.64 Å². The summed E-state index contributed by atoms with van der Waals surface area (Å²) in [4.78, 5) is 14.4. The lowest BCUT2D eigenvalue weighted by Crippen LogP contribution is -2.38. The third-order valence-corrected chi connectivity index (χ3v) is 4.33. The molecule has 3 N–H and O–H groups in total. The highest BCUT2D eigenvalue weighted by molar-refractivity contribution is 7.95. The van der Waals surface area contributed by atoms with Crippen molar-refractivity contribution in [2.45, 2.75) is 19.3 Å². The second kappa shape index (κ2) is 8.26. The topological polar surface area (TPSA) is 67.6 Å². The van der Waals surface area contributed by atoms with Crippen LogP contribution in [-0.4, -0.2) is 37.6 Å². The van der Waals surface area contributed by atoms with E-state index in [1.165, 1.54) is 12.1 Å². The SMILES string of the molecule is COc1cccc(C(=O)N2CCC(CCNSN)CC2)c1. The summed E-state index contributed by atoms with van der Waals surface area (Å²) in [5.41, 5.74) is 0.703. The van der Waals surface area contributed by atoms with E-state index >= 15 is 0 Å². The standard InChI is InChI=1S/C15H23N3O2S/c1-20-14-4-2-3-13(11-14)15(19)18-9-6-12(7-10-18)5-8-17-21-16/h2-4,11-12,17H,5-10,16H2,1H3. The van der Waals surface area contributed by atoms with E-state index in [2.05, 4.69) is 4.72 Å². The van der Waals surface area contributed by atoms with Crippen molar-refractivity contribution in [3.8, 4) is 5.75 Å². The molecule has 1 saturated heterocycles. The third kappa shape index (κ3) is 4.62. The number of piperidine rings is 1. The number of nitrogens with zero attached hydrogens (tertiary/aromatic N) is 1. The van der Waals surface area contributed by atoms with Gasteiger partial charge in [-0.1, -0.05) is 6.07 Å². The molecule has 0 aromatic heterocycles. The average molecular weight is 309 g/mol. The van der Waals surface area contributed by atoms with E-state index in [0.717, 1.165) is 44.6 Å². The summed E-state index contributed by atoms with van der Waals surface area (Å²) >= 11 is 1.17. The molecule has 6 heteroatoms. The molecular formula is C15H23N3O2S. The fourth-order valence-corrected chi connectivity index (χ4v) is 2.92. The van der Waals surface area contributed by atoms with Crippen LogP contribution in [0.4, 0.5) is 0 Å². The number of hydrogen-bond donors (Lipinski definition) is 2. The molecule has 116 valence electrons. The van der Waals surface area contributed by atoms with Gasteiger partial charge in [-0.25, -0.2) is 0 Å². The van der Waals surface area contributed by atoms with Gasteiger partial charge in [0.15, 0.2) is 0 Å². The van der Waals surface area contributed by atoms with Crippen molar-refractivity contribution in [1.29, 1.82) is 0 Å². The molecule has 21 heavy (non-hydrogen) atoms. The Morgan fingerprint density at radius 3 is 2.90 bits per heavy atom. The van der Waals surface area contributed by atoms with E-state index in [-0.39, 0.29) is 5.91 Å². The maximum Gasteiger partial charge on any atom is 0.253 e. The maximum absolute atomic E-state index is 12.5. The van der Waals surface area contributed by atoms with Gasteiger partial charge in [-0.2, -0.15) is 0 Å². The molecule has 0 unspecified atom stereocenters. The fraction of sp³-hybridized carbons (Fsp3) is 0.533. The minimum atomic E-state index is 0.1000. The van der Waals surface area contributed by atoms with Crippen LogP contribution in [0.25, 0.3) is 0 Å². The minimum absolute atomic E-state index is 0.1000. The van der Waals surface area contributed by atoms with Crippen LogP contribution >= 0.6 is 12.1 Å². The number of carbonyl (C=O) groups excluding carboxylic acids is 1. The molecular weight excluding hydrogens is 286 g/mol. The van der Waals surface area contributed by atoms with Crippen LogP contribution < -0.4 is 14.6 Å². The first-order chi connectivity index (χ1) is 10.2. The summed E-state index contributed by atoms with van der Waals surface area (Å²) in [5, 5.41) is 5.34. The number of likely N-dealkylation sites (tertiary alicyclic amines) is 1. The van der Waals surface area contributed by atoms with Gasteiger partial charge >= 0.3 is 0 Å². The van der Waals surface area contributed by atoms with Crippen LogP contribution in [-0.2, 0) is 0 Å². The van der Waals surface area contributed by atoms with Crippen LogP contribution in [0.15, 0.2) is 24.3 Å². The van der Waals surface area contributed by atoms with Gasteiger partial charge in [0.05, 0.1) is 7.11 Å². The highest BCUT2D eigenvalue weighted by Gasteiger charge is 2.23. The van der Waals surface area contributed by atoms with Crippen molar-refractivity contribution in [3.63, 3.8) is 0 Å². The summed E-state index contributed by atoms with van der Waals surface area (Å²) in [5.74, 6) is 1.50. The number of benzene rings is 1. The Labute approximate surface area is 130 Å². The van der Waals surface area contributed by atoms with E-state index in [1.54, 1.807) is 13.2 Å². The summed E-state index contributed by atoms with van der Waals surface area (Å²) in [6, 6.07) is 7.36. The molecule has 2 rings (SSSR count). The zero-order valence-corrected chi connectivity index (χ0v) is 13.2. The van der Waals surface area contributed by atoms with Gasteiger partial charge in [-0.15, -0.1) is 0 Å².